The van der Waals surface area contributed by atoms with E-state index < -0.39 is 0 Å². The van der Waals surface area contributed by atoms with E-state index in [1.165, 1.54) is 10.9 Å². The number of aromatic amines is 1. The molecule has 0 spiro atoms. The van der Waals surface area contributed by atoms with Crippen molar-refractivity contribution in [3.05, 3.63) is 34.5 Å². The number of hydrogen-bond donors (Lipinski definition) is 1. The van der Waals surface area contributed by atoms with Crippen LogP contribution < -0.4 is 0 Å². The Balaban J connectivity index is 2.50. The van der Waals surface area contributed by atoms with Crippen LogP contribution in [0.2, 0.25) is 5.02 Å². The Morgan fingerprint density at radius 3 is 3.00 bits per heavy atom. The zero-order valence-corrected chi connectivity index (χ0v) is 9.23. The molecule has 1 heterocycles. The molecule has 0 amide bonds. The molecule has 0 aliphatic carbocycles. The molecule has 1 aromatic carbocycles. The third-order valence-corrected chi connectivity index (χ3v) is 2.85. The van der Waals surface area contributed by atoms with E-state index in [1.807, 2.05) is 18.2 Å². The molecule has 1 aromatic heterocycles. The van der Waals surface area contributed by atoms with Crippen LogP contribution in [0.4, 0.5) is 0 Å². The second kappa shape index (κ2) is 3.96. The van der Waals surface area contributed by atoms with Crippen molar-refractivity contribution in [2.75, 3.05) is 0 Å². The average molecular weight is 219 g/mol. The van der Waals surface area contributed by atoms with Crippen LogP contribution in [0, 0.1) is 18.3 Å². The highest BCUT2D eigenvalue weighted by atomic mass is 35.5. The highest BCUT2D eigenvalue weighted by molar-refractivity contribution is 6.31. The van der Waals surface area contributed by atoms with Gasteiger partial charge < -0.3 is 4.98 Å². The minimum Gasteiger partial charge on any atom is -0.358 e. The number of rotatable bonds is 2. The van der Waals surface area contributed by atoms with Crippen molar-refractivity contribution in [1.29, 1.82) is 5.26 Å². The van der Waals surface area contributed by atoms with Crippen LogP contribution in [0.25, 0.3) is 10.9 Å². The molecule has 0 fully saturated rings. The average Bonchev–Trinajstić information content (AvgIpc) is 2.52. The van der Waals surface area contributed by atoms with Crippen molar-refractivity contribution in [3.63, 3.8) is 0 Å². The molecule has 2 aromatic rings. The van der Waals surface area contributed by atoms with E-state index in [-0.39, 0.29) is 0 Å². The lowest BCUT2D eigenvalue weighted by molar-refractivity contribution is 0.961. The maximum absolute atomic E-state index is 8.55. The SMILES string of the molecule is Cc1c(CCC#N)[nH]c2cc(Cl)ccc12. The van der Waals surface area contributed by atoms with E-state index in [0.29, 0.717) is 6.42 Å². The van der Waals surface area contributed by atoms with Crippen molar-refractivity contribution in [2.45, 2.75) is 19.8 Å². The number of nitriles is 1. The molecule has 76 valence electrons. The fraction of sp³-hybridized carbons (Fsp3) is 0.250. The van der Waals surface area contributed by atoms with Crippen LogP contribution in [0.3, 0.4) is 0 Å². The van der Waals surface area contributed by atoms with Crippen molar-refractivity contribution >= 4 is 22.5 Å². The minimum atomic E-state index is 0.543. The summed E-state index contributed by atoms with van der Waals surface area (Å²) in [6, 6.07) is 7.97. The largest absolute Gasteiger partial charge is 0.358 e. The molecule has 0 aliphatic heterocycles. The molecule has 0 saturated heterocycles. The predicted molar refractivity (Wildman–Crippen MR) is 62.0 cm³/mol. The second-order valence-electron chi connectivity index (χ2n) is 3.58. The first-order valence-electron chi connectivity index (χ1n) is 4.86. The van der Waals surface area contributed by atoms with E-state index in [9.17, 15) is 0 Å². The molecule has 1 N–H and O–H groups in total. The standard InChI is InChI=1S/C12H11ClN2/c1-8-10-5-4-9(13)7-12(10)15-11(8)3-2-6-14/h4-5,7,15H,2-3H2,1H3. The number of benzene rings is 1. The van der Waals surface area contributed by atoms with Gasteiger partial charge in [0, 0.05) is 34.5 Å². The molecule has 0 radical (unpaired) electrons. The van der Waals surface area contributed by atoms with E-state index in [2.05, 4.69) is 18.0 Å². The second-order valence-corrected chi connectivity index (χ2v) is 4.01. The van der Waals surface area contributed by atoms with Crippen LogP contribution in [0.5, 0.6) is 0 Å². The van der Waals surface area contributed by atoms with Gasteiger partial charge in [-0.15, -0.1) is 0 Å². The summed E-state index contributed by atoms with van der Waals surface area (Å²) in [6.07, 6.45) is 1.32. The van der Waals surface area contributed by atoms with Crippen LogP contribution in [-0.2, 0) is 6.42 Å². The number of nitrogens with one attached hydrogen (secondary N) is 1. The summed E-state index contributed by atoms with van der Waals surface area (Å²) in [5.41, 5.74) is 3.40. The van der Waals surface area contributed by atoms with Gasteiger partial charge in [-0.25, -0.2) is 0 Å². The monoisotopic (exact) mass is 218 g/mol. The Labute approximate surface area is 93.5 Å². The lowest BCUT2D eigenvalue weighted by Crippen LogP contribution is -1.85. The summed E-state index contributed by atoms with van der Waals surface area (Å²) in [5.74, 6) is 0. The fourth-order valence-corrected chi connectivity index (χ4v) is 1.97. The van der Waals surface area contributed by atoms with Gasteiger partial charge in [-0.2, -0.15) is 5.26 Å². The Morgan fingerprint density at radius 1 is 1.47 bits per heavy atom. The van der Waals surface area contributed by atoms with E-state index in [0.717, 1.165) is 22.7 Å². The number of hydrogen-bond acceptors (Lipinski definition) is 1. The smallest absolute Gasteiger partial charge is 0.0625 e. The van der Waals surface area contributed by atoms with Gasteiger partial charge in [0.2, 0.25) is 0 Å². The highest BCUT2D eigenvalue weighted by Gasteiger charge is 2.06. The van der Waals surface area contributed by atoms with Crippen molar-refractivity contribution in [2.24, 2.45) is 0 Å². The quantitative estimate of drug-likeness (QED) is 0.822. The molecule has 0 aliphatic rings. The fourth-order valence-electron chi connectivity index (χ4n) is 1.80. The summed E-state index contributed by atoms with van der Waals surface area (Å²) in [5, 5.41) is 10.5. The zero-order valence-electron chi connectivity index (χ0n) is 8.47. The van der Waals surface area contributed by atoms with Crippen LogP contribution in [0.15, 0.2) is 18.2 Å². The first kappa shape index (κ1) is 10.1. The summed E-state index contributed by atoms with van der Waals surface area (Å²) in [4.78, 5) is 3.30. The Bertz CT molecular complexity index is 534. The van der Waals surface area contributed by atoms with Crippen molar-refractivity contribution < 1.29 is 0 Å². The Kier molecular flexibility index (Phi) is 2.66. The van der Waals surface area contributed by atoms with Crippen molar-refractivity contribution in [3.8, 4) is 6.07 Å². The van der Waals surface area contributed by atoms with Gasteiger partial charge in [-0.3, -0.25) is 0 Å². The molecule has 0 unspecified atom stereocenters. The number of H-pyrrole nitrogens is 1. The molecule has 2 rings (SSSR count). The van der Waals surface area contributed by atoms with E-state index in [4.69, 9.17) is 16.9 Å². The predicted octanol–water partition coefficient (Wildman–Crippen LogP) is 3.59. The number of aromatic nitrogens is 1. The molecule has 0 atom stereocenters. The maximum atomic E-state index is 8.55. The van der Waals surface area contributed by atoms with Gasteiger partial charge >= 0.3 is 0 Å². The van der Waals surface area contributed by atoms with Crippen molar-refractivity contribution in [1.82, 2.24) is 4.98 Å². The minimum absolute atomic E-state index is 0.543. The first-order chi connectivity index (χ1) is 7.22. The third kappa shape index (κ3) is 1.84. The third-order valence-electron chi connectivity index (χ3n) is 2.61. The lowest BCUT2D eigenvalue weighted by atomic mass is 10.1. The molecule has 15 heavy (non-hydrogen) atoms. The van der Waals surface area contributed by atoms with Crippen LogP contribution >= 0.6 is 11.6 Å². The molecule has 0 saturated carbocycles. The summed E-state index contributed by atoms with van der Waals surface area (Å²) in [7, 11) is 0. The molecule has 3 heteroatoms. The highest BCUT2D eigenvalue weighted by Crippen LogP contribution is 2.25. The maximum Gasteiger partial charge on any atom is 0.0625 e. The molecule has 0 bridgehead atoms. The number of nitrogens with zero attached hydrogens (tertiary/aromatic N) is 1. The van der Waals surface area contributed by atoms with E-state index >= 15 is 0 Å². The number of fused-ring (bicyclic) bond motifs is 1. The first-order valence-corrected chi connectivity index (χ1v) is 5.24. The Morgan fingerprint density at radius 2 is 2.27 bits per heavy atom. The zero-order chi connectivity index (χ0) is 10.8. The normalized spacial score (nSPS) is 10.5. The van der Waals surface area contributed by atoms with Crippen LogP contribution in [-0.4, -0.2) is 4.98 Å². The Hall–Kier alpha value is -1.46. The van der Waals surface area contributed by atoms with Gasteiger partial charge in [-0.1, -0.05) is 17.7 Å². The molecular weight excluding hydrogens is 208 g/mol. The van der Waals surface area contributed by atoms with Gasteiger partial charge in [0.15, 0.2) is 0 Å². The number of aryl methyl sites for hydroxylation is 2. The van der Waals surface area contributed by atoms with Crippen LogP contribution in [0.1, 0.15) is 17.7 Å². The van der Waals surface area contributed by atoms with Gasteiger partial charge in [0.1, 0.15) is 0 Å². The van der Waals surface area contributed by atoms with Gasteiger partial charge in [-0.05, 0) is 24.6 Å². The summed E-state index contributed by atoms with van der Waals surface area (Å²) in [6.45, 7) is 2.07. The topological polar surface area (TPSA) is 39.6 Å². The number of halogens is 1. The van der Waals surface area contributed by atoms with E-state index in [1.54, 1.807) is 0 Å². The molecule has 2 nitrogen and oxygen atoms in total. The molecular formula is C12H11ClN2. The van der Waals surface area contributed by atoms with Gasteiger partial charge in [0.25, 0.3) is 0 Å². The van der Waals surface area contributed by atoms with Gasteiger partial charge in [0.05, 0.1) is 6.07 Å². The summed E-state index contributed by atoms with van der Waals surface area (Å²) < 4.78 is 0. The summed E-state index contributed by atoms with van der Waals surface area (Å²) >= 11 is 5.91. The lowest BCUT2D eigenvalue weighted by Gasteiger charge is -1.94.